The summed E-state index contributed by atoms with van der Waals surface area (Å²) in [6.45, 7) is 3.89. The zero-order valence-corrected chi connectivity index (χ0v) is 8.42. The lowest BCUT2D eigenvalue weighted by Gasteiger charge is -2.01. The van der Waals surface area contributed by atoms with Crippen LogP contribution >= 0.6 is 0 Å². The van der Waals surface area contributed by atoms with Crippen molar-refractivity contribution in [2.45, 2.75) is 32.6 Å². The average Bonchev–Trinajstić information content (AvgIpc) is 2.11. The summed E-state index contributed by atoms with van der Waals surface area (Å²) in [7, 11) is 0. The van der Waals surface area contributed by atoms with Gasteiger partial charge in [-0.3, -0.25) is 4.99 Å². The molecule has 0 heterocycles. The van der Waals surface area contributed by atoms with E-state index in [0.29, 0.717) is 12.6 Å². The Kier molecular flexibility index (Phi) is 8.77. The number of aliphatic hydroxyl groups is 1. The van der Waals surface area contributed by atoms with Crippen LogP contribution in [0.2, 0.25) is 0 Å². The van der Waals surface area contributed by atoms with Gasteiger partial charge in [0.15, 0.2) is 5.96 Å². The number of aliphatic hydroxyl groups excluding tert-OH is 1. The number of nitrogens with two attached hydrogens (primary N) is 1. The monoisotopic (exact) mass is 187 g/mol. The minimum Gasteiger partial charge on any atom is -0.396 e. The molecule has 0 aliphatic rings. The van der Waals surface area contributed by atoms with E-state index in [1.807, 2.05) is 6.92 Å². The van der Waals surface area contributed by atoms with Crippen molar-refractivity contribution in [3.63, 3.8) is 0 Å². The maximum atomic E-state index is 8.52. The van der Waals surface area contributed by atoms with Gasteiger partial charge in [0, 0.05) is 19.7 Å². The fourth-order valence-electron chi connectivity index (χ4n) is 1.01. The Labute approximate surface area is 80.2 Å². The van der Waals surface area contributed by atoms with Crippen molar-refractivity contribution in [2.24, 2.45) is 10.7 Å². The molecule has 0 aliphatic heterocycles. The summed E-state index contributed by atoms with van der Waals surface area (Å²) in [5, 5.41) is 11.5. The molecule has 0 aromatic rings. The molecule has 0 aromatic heterocycles. The summed E-state index contributed by atoms with van der Waals surface area (Å²) in [6, 6.07) is 0. The molecule has 0 saturated carbocycles. The van der Waals surface area contributed by atoms with Gasteiger partial charge in [-0.15, -0.1) is 0 Å². The van der Waals surface area contributed by atoms with Crippen LogP contribution in [0.3, 0.4) is 0 Å². The lowest BCUT2D eigenvalue weighted by molar-refractivity contribution is 0.282. The van der Waals surface area contributed by atoms with Crippen molar-refractivity contribution in [1.82, 2.24) is 5.32 Å². The maximum Gasteiger partial charge on any atom is 0.188 e. The van der Waals surface area contributed by atoms with Crippen LogP contribution in [0.1, 0.15) is 32.6 Å². The van der Waals surface area contributed by atoms with Gasteiger partial charge in [-0.25, -0.2) is 0 Å². The highest BCUT2D eigenvalue weighted by atomic mass is 16.2. The first-order valence-corrected chi connectivity index (χ1v) is 4.96. The van der Waals surface area contributed by atoms with Crippen LogP contribution in [-0.2, 0) is 0 Å². The van der Waals surface area contributed by atoms with Crippen molar-refractivity contribution < 1.29 is 5.11 Å². The summed E-state index contributed by atoms with van der Waals surface area (Å²) in [5.41, 5.74) is 5.52. The fraction of sp³-hybridized carbons (Fsp3) is 0.889. The molecule has 78 valence electrons. The number of rotatable bonds is 7. The molecule has 4 heteroatoms. The first kappa shape index (κ1) is 12.2. The molecule has 0 aromatic carbocycles. The lowest BCUT2D eigenvalue weighted by atomic mass is 10.2. The molecule has 0 bridgehead atoms. The second-order valence-electron chi connectivity index (χ2n) is 2.94. The number of unbranched alkanes of at least 4 members (excludes halogenated alkanes) is 3. The summed E-state index contributed by atoms with van der Waals surface area (Å²) in [5.74, 6) is 0.532. The number of nitrogens with one attached hydrogen (secondary N) is 1. The van der Waals surface area contributed by atoms with E-state index in [9.17, 15) is 0 Å². The van der Waals surface area contributed by atoms with E-state index in [4.69, 9.17) is 10.8 Å². The summed E-state index contributed by atoms with van der Waals surface area (Å²) in [4.78, 5) is 4.13. The standard InChI is InChI=1S/C9H21N3O/c1-2-11-9(10)12-7-5-3-4-6-8-13/h13H,2-8H2,1H3,(H3,10,11,12). The number of hydrogen-bond donors (Lipinski definition) is 3. The molecule has 0 radical (unpaired) electrons. The maximum absolute atomic E-state index is 8.52. The third kappa shape index (κ3) is 9.14. The molecular formula is C9H21N3O. The van der Waals surface area contributed by atoms with Crippen LogP contribution < -0.4 is 11.1 Å². The van der Waals surface area contributed by atoms with Crippen molar-refractivity contribution in [1.29, 1.82) is 0 Å². The predicted molar refractivity (Wildman–Crippen MR) is 55.7 cm³/mol. The second kappa shape index (κ2) is 9.32. The zero-order valence-electron chi connectivity index (χ0n) is 8.42. The van der Waals surface area contributed by atoms with Gasteiger partial charge >= 0.3 is 0 Å². The number of hydrogen-bond acceptors (Lipinski definition) is 2. The molecule has 4 nitrogen and oxygen atoms in total. The first-order valence-electron chi connectivity index (χ1n) is 4.96. The van der Waals surface area contributed by atoms with Crippen molar-refractivity contribution >= 4 is 5.96 Å². The highest BCUT2D eigenvalue weighted by Gasteiger charge is 1.89. The fourth-order valence-corrected chi connectivity index (χ4v) is 1.01. The Morgan fingerprint density at radius 3 is 2.62 bits per heavy atom. The minimum atomic E-state index is 0.294. The Hall–Kier alpha value is -0.770. The van der Waals surface area contributed by atoms with E-state index in [2.05, 4.69) is 10.3 Å². The normalized spacial score (nSPS) is 11.7. The van der Waals surface area contributed by atoms with E-state index < -0.39 is 0 Å². The summed E-state index contributed by atoms with van der Waals surface area (Å²) in [6.07, 6.45) is 4.13. The van der Waals surface area contributed by atoms with Crippen molar-refractivity contribution in [3.05, 3.63) is 0 Å². The third-order valence-electron chi connectivity index (χ3n) is 1.71. The van der Waals surface area contributed by atoms with Gasteiger partial charge in [0.05, 0.1) is 0 Å². The van der Waals surface area contributed by atoms with Crippen LogP contribution in [0.4, 0.5) is 0 Å². The molecule has 0 fully saturated rings. The Balaban J connectivity index is 3.18. The highest BCUT2D eigenvalue weighted by Crippen LogP contribution is 1.98. The SMILES string of the molecule is CCNC(N)=NCCCCCCO. The molecule has 0 rings (SSSR count). The average molecular weight is 187 g/mol. The van der Waals surface area contributed by atoms with Crippen molar-refractivity contribution in [3.8, 4) is 0 Å². The van der Waals surface area contributed by atoms with Gasteiger partial charge in [-0.1, -0.05) is 12.8 Å². The van der Waals surface area contributed by atoms with Crippen molar-refractivity contribution in [2.75, 3.05) is 19.7 Å². The van der Waals surface area contributed by atoms with E-state index >= 15 is 0 Å². The molecule has 4 N–H and O–H groups in total. The molecule has 0 unspecified atom stereocenters. The van der Waals surface area contributed by atoms with Gasteiger partial charge in [0.25, 0.3) is 0 Å². The highest BCUT2D eigenvalue weighted by molar-refractivity contribution is 5.77. The number of nitrogens with zero attached hydrogens (tertiary/aromatic N) is 1. The Morgan fingerprint density at radius 1 is 1.31 bits per heavy atom. The van der Waals surface area contributed by atoms with Gasteiger partial charge in [0.2, 0.25) is 0 Å². The van der Waals surface area contributed by atoms with E-state index in [0.717, 1.165) is 38.8 Å². The number of guanidine groups is 1. The van der Waals surface area contributed by atoms with Gasteiger partial charge < -0.3 is 16.2 Å². The third-order valence-corrected chi connectivity index (χ3v) is 1.71. The van der Waals surface area contributed by atoms with Crippen LogP contribution in [0.25, 0.3) is 0 Å². The summed E-state index contributed by atoms with van der Waals surface area (Å²) < 4.78 is 0. The quantitative estimate of drug-likeness (QED) is 0.308. The van der Waals surface area contributed by atoms with E-state index in [1.165, 1.54) is 0 Å². The summed E-state index contributed by atoms with van der Waals surface area (Å²) >= 11 is 0. The van der Waals surface area contributed by atoms with Crippen LogP contribution in [0.15, 0.2) is 4.99 Å². The Morgan fingerprint density at radius 2 is 2.00 bits per heavy atom. The number of aliphatic imine (C=N–C) groups is 1. The smallest absolute Gasteiger partial charge is 0.188 e. The van der Waals surface area contributed by atoms with E-state index in [-0.39, 0.29) is 0 Å². The molecule has 0 atom stereocenters. The van der Waals surface area contributed by atoms with Gasteiger partial charge in [0.1, 0.15) is 0 Å². The molecule has 0 spiro atoms. The molecule has 13 heavy (non-hydrogen) atoms. The minimum absolute atomic E-state index is 0.294. The van der Waals surface area contributed by atoms with Crippen LogP contribution in [0.5, 0.6) is 0 Å². The zero-order chi connectivity index (χ0) is 9.94. The second-order valence-corrected chi connectivity index (χ2v) is 2.94. The predicted octanol–water partition coefficient (Wildman–Crippen LogP) is 0.463. The first-order chi connectivity index (χ1) is 6.31. The van der Waals surface area contributed by atoms with Gasteiger partial charge in [-0.05, 0) is 19.8 Å². The lowest BCUT2D eigenvalue weighted by Crippen LogP contribution is -2.31. The molecular weight excluding hydrogens is 166 g/mol. The van der Waals surface area contributed by atoms with E-state index in [1.54, 1.807) is 0 Å². The van der Waals surface area contributed by atoms with Crippen LogP contribution in [0, 0.1) is 0 Å². The van der Waals surface area contributed by atoms with Gasteiger partial charge in [-0.2, -0.15) is 0 Å². The topological polar surface area (TPSA) is 70.6 Å². The molecule has 0 amide bonds. The van der Waals surface area contributed by atoms with Crippen LogP contribution in [-0.4, -0.2) is 30.8 Å². The molecule has 0 saturated heterocycles. The molecule has 0 aliphatic carbocycles. The largest absolute Gasteiger partial charge is 0.396 e. The Bertz CT molecular complexity index is 137.